The van der Waals surface area contributed by atoms with E-state index >= 15 is 0 Å². The maximum atomic E-state index is 10.8. The van der Waals surface area contributed by atoms with Crippen molar-refractivity contribution in [3.05, 3.63) is 29.8 Å². The first-order valence-electron chi connectivity index (χ1n) is 5.49. The van der Waals surface area contributed by atoms with Gasteiger partial charge in [0.2, 0.25) is 0 Å². The summed E-state index contributed by atoms with van der Waals surface area (Å²) < 4.78 is 5.38. The van der Waals surface area contributed by atoms with Crippen LogP contribution in [0.5, 0.6) is 5.75 Å². The second-order valence-corrected chi connectivity index (χ2v) is 4.02. The third-order valence-corrected chi connectivity index (χ3v) is 2.37. The van der Waals surface area contributed by atoms with E-state index < -0.39 is 6.61 Å². The van der Waals surface area contributed by atoms with Gasteiger partial charge in [-0.2, -0.15) is 0 Å². The summed E-state index contributed by atoms with van der Waals surface area (Å²) in [5, 5.41) is 8.52. The first kappa shape index (κ1) is 12.7. The number of benzene rings is 1. The Balaban J connectivity index is 2.40. The lowest BCUT2D eigenvalue weighted by atomic mass is 10.0. The monoisotopic (exact) mass is 222 g/mol. The molecule has 0 amide bonds. The van der Waals surface area contributed by atoms with E-state index in [1.165, 1.54) is 5.56 Å². The van der Waals surface area contributed by atoms with Crippen molar-refractivity contribution >= 4 is 5.78 Å². The first-order chi connectivity index (χ1) is 7.63. The van der Waals surface area contributed by atoms with Crippen molar-refractivity contribution < 1.29 is 14.6 Å². The molecule has 0 unspecified atom stereocenters. The maximum Gasteiger partial charge on any atom is 0.161 e. The standard InChI is InChI=1S/C13H18O3/c1-10(2)11-3-5-13(6-4-11)16-8-7-12(15)9-14/h3-6,10,14H,7-9H2,1-2H3. The average molecular weight is 222 g/mol. The summed E-state index contributed by atoms with van der Waals surface area (Å²) in [7, 11) is 0. The molecule has 0 bridgehead atoms. The Labute approximate surface area is 96.1 Å². The number of ketones is 1. The van der Waals surface area contributed by atoms with E-state index in [2.05, 4.69) is 13.8 Å². The van der Waals surface area contributed by atoms with Gasteiger partial charge in [0.15, 0.2) is 5.78 Å². The molecule has 1 aromatic carbocycles. The third-order valence-electron chi connectivity index (χ3n) is 2.37. The predicted octanol–water partition coefficient (Wildman–Crippen LogP) is 2.14. The zero-order valence-electron chi connectivity index (χ0n) is 9.77. The zero-order valence-corrected chi connectivity index (χ0v) is 9.77. The summed E-state index contributed by atoms with van der Waals surface area (Å²) in [5.41, 5.74) is 1.26. The highest BCUT2D eigenvalue weighted by molar-refractivity contribution is 5.79. The van der Waals surface area contributed by atoms with Crippen LogP contribution < -0.4 is 4.74 Å². The highest BCUT2D eigenvalue weighted by atomic mass is 16.5. The lowest BCUT2D eigenvalue weighted by Gasteiger charge is -2.08. The van der Waals surface area contributed by atoms with Crippen LogP contribution in [-0.4, -0.2) is 24.1 Å². The Morgan fingerprint density at radius 1 is 1.31 bits per heavy atom. The molecule has 0 aliphatic heterocycles. The fraction of sp³-hybridized carbons (Fsp3) is 0.462. The van der Waals surface area contributed by atoms with Crippen molar-refractivity contribution in [3.8, 4) is 5.75 Å². The predicted molar refractivity (Wildman–Crippen MR) is 62.7 cm³/mol. The minimum Gasteiger partial charge on any atom is -0.493 e. The van der Waals surface area contributed by atoms with E-state index in [9.17, 15) is 4.79 Å². The molecule has 0 fully saturated rings. The number of carbonyl (C=O) groups excluding carboxylic acids is 1. The molecule has 1 aromatic rings. The molecule has 3 nitrogen and oxygen atoms in total. The van der Waals surface area contributed by atoms with Gasteiger partial charge in [0.1, 0.15) is 12.4 Å². The van der Waals surface area contributed by atoms with Crippen LogP contribution in [0.15, 0.2) is 24.3 Å². The summed E-state index contributed by atoms with van der Waals surface area (Å²) in [6, 6.07) is 7.85. The Morgan fingerprint density at radius 3 is 2.44 bits per heavy atom. The summed E-state index contributed by atoms with van der Waals surface area (Å²) in [6.45, 7) is 4.18. The molecule has 0 aliphatic carbocycles. The normalized spacial score (nSPS) is 10.5. The fourth-order valence-electron chi connectivity index (χ4n) is 1.31. The van der Waals surface area contributed by atoms with Gasteiger partial charge in [0.05, 0.1) is 6.61 Å². The molecule has 0 heterocycles. The molecule has 0 atom stereocenters. The van der Waals surface area contributed by atoms with Crippen molar-refractivity contribution in [1.29, 1.82) is 0 Å². The number of carbonyl (C=O) groups is 1. The van der Waals surface area contributed by atoms with Crippen LogP contribution in [0.2, 0.25) is 0 Å². The second kappa shape index (κ2) is 6.28. The summed E-state index contributed by atoms with van der Waals surface area (Å²) in [5.74, 6) is 1.07. The molecular weight excluding hydrogens is 204 g/mol. The number of rotatable bonds is 6. The van der Waals surface area contributed by atoms with Gasteiger partial charge in [-0.05, 0) is 23.6 Å². The van der Waals surface area contributed by atoms with Gasteiger partial charge in [0.25, 0.3) is 0 Å². The van der Waals surface area contributed by atoms with Crippen LogP contribution in [-0.2, 0) is 4.79 Å². The Bertz CT molecular complexity index is 328. The van der Waals surface area contributed by atoms with E-state index in [1.807, 2.05) is 24.3 Å². The fourth-order valence-corrected chi connectivity index (χ4v) is 1.31. The molecule has 0 aromatic heterocycles. The Hall–Kier alpha value is -1.35. The minimum absolute atomic E-state index is 0.196. The van der Waals surface area contributed by atoms with Gasteiger partial charge in [-0.3, -0.25) is 4.79 Å². The minimum atomic E-state index is -0.407. The number of ether oxygens (including phenoxy) is 1. The van der Waals surface area contributed by atoms with Crippen molar-refractivity contribution in [3.63, 3.8) is 0 Å². The van der Waals surface area contributed by atoms with Gasteiger partial charge in [-0.15, -0.1) is 0 Å². The van der Waals surface area contributed by atoms with Crippen molar-refractivity contribution in [1.82, 2.24) is 0 Å². The molecular formula is C13H18O3. The molecule has 1 rings (SSSR count). The highest BCUT2D eigenvalue weighted by Gasteiger charge is 2.01. The first-order valence-corrected chi connectivity index (χ1v) is 5.49. The number of aliphatic hydroxyl groups is 1. The lowest BCUT2D eigenvalue weighted by Crippen LogP contribution is -2.09. The number of aliphatic hydroxyl groups excluding tert-OH is 1. The van der Waals surface area contributed by atoms with Gasteiger partial charge >= 0.3 is 0 Å². The van der Waals surface area contributed by atoms with Gasteiger partial charge in [-0.25, -0.2) is 0 Å². The van der Waals surface area contributed by atoms with E-state index in [-0.39, 0.29) is 12.2 Å². The molecule has 0 saturated heterocycles. The number of hydrogen-bond donors (Lipinski definition) is 1. The van der Waals surface area contributed by atoms with Crippen LogP contribution in [0.1, 0.15) is 31.7 Å². The Morgan fingerprint density at radius 2 is 1.94 bits per heavy atom. The number of Topliss-reactive ketones (excluding diaryl/α,β-unsaturated/α-hetero) is 1. The molecule has 3 heteroatoms. The van der Waals surface area contributed by atoms with Gasteiger partial charge in [0, 0.05) is 6.42 Å². The molecule has 1 N–H and O–H groups in total. The molecule has 0 radical (unpaired) electrons. The van der Waals surface area contributed by atoms with Crippen LogP contribution in [0, 0.1) is 0 Å². The highest BCUT2D eigenvalue weighted by Crippen LogP contribution is 2.18. The van der Waals surface area contributed by atoms with Crippen LogP contribution in [0.4, 0.5) is 0 Å². The molecule has 0 aliphatic rings. The van der Waals surface area contributed by atoms with Crippen LogP contribution in [0.3, 0.4) is 0 Å². The quantitative estimate of drug-likeness (QED) is 0.802. The summed E-state index contributed by atoms with van der Waals surface area (Å²) >= 11 is 0. The van der Waals surface area contributed by atoms with Crippen molar-refractivity contribution in [2.75, 3.05) is 13.2 Å². The van der Waals surface area contributed by atoms with Crippen LogP contribution >= 0.6 is 0 Å². The SMILES string of the molecule is CC(C)c1ccc(OCCC(=O)CO)cc1. The van der Waals surface area contributed by atoms with Gasteiger partial charge < -0.3 is 9.84 Å². The van der Waals surface area contributed by atoms with E-state index in [4.69, 9.17) is 9.84 Å². The molecule has 16 heavy (non-hydrogen) atoms. The molecule has 0 saturated carbocycles. The average Bonchev–Trinajstić information content (AvgIpc) is 2.29. The molecule has 88 valence electrons. The van der Waals surface area contributed by atoms with E-state index in [0.29, 0.717) is 12.5 Å². The van der Waals surface area contributed by atoms with Crippen molar-refractivity contribution in [2.45, 2.75) is 26.2 Å². The topological polar surface area (TPSA) is 46.5 Å². The van der Waals surface area contributed by atoms with Crippen LogP contribution in [0.25, 0.3) is 0 Å². The molecule has 0 spiro atoms. The number of hydrogen-bond acceptors (Lipinski definition) is 3. The van der Waals surface area contributed by atoms with E-state index in [1.54, 1.807) is 0 Å². The van der Waals surface area contributed by atoms with E-state index in [0.717, 1.165) is 5.75 Å². The summed E-state index contributed by atoms with van der Waals surface area (Å²) in [6.07, 6.45) is 0.252. The maximum absolute atomic E-state index is 10.8. The van der Waals surface area contributed by atoms with Crippen molar-refractivity contribution in [2.24, 2.45) is 0 Å². The smallest absolute Gasteiger partial charge is 0.161 e. The third kappa shape index (κ3) is 4.03. The summed E-state index contributed by atoms with van der Waals surface area (Å²) in [4.78, 5) is 10.8. The second-order valence-electron chi connectivity index (χ2n) is 4.02. The lowest BCUT2D eigenvalue weighted by molar-refractivity contribution is -0.122. The zero-order chi connectivity index (χ0) is 12.0. The Kier molecular flexibility index (Phi) is 4.99. The van der Waals surface area contributed by atoms with Gasteiger partial charge in [-0.1, -0.05) is 26.0 Å². The largest absolute Gasteiger partial charge is 0.493 e.